The average molecular weight is 539 g/mol. The lowest BCUT2D eigenvalue weighted by Crippen LogP contribution is -2.28. The molecule has 0 spiro atoms. The predicted molar refractivity (Wildman–Crippen MR) is 134 cm³/mol. The van der Waals surface area contributed by atoms with Gasteiger partial charge in [0, 0.05) is 22.6 Å². The van der Waals surface area contributed by atoms with Crippen molar-refractivity contribution < 1.29 is 29.0 Å². The lowest BCUT2D eigenvalue weighted by Gasteiger charge is -2.15. The smallest absolute Gasteiger partial charge is 0.411 e. The van der Waals surface area contributed by atoms with E-state index in [4.69, 9.17) is 14.6 Å². The number of aliphatic carboxylic acids is 1. The van der Waals surface area contributed by atoms with Crippen molar-refractivity contribution in [1.29, 1.82) is 0 Å². The number of amides is 2. The van der Waals surface area contributed by atoms with Crippen molar-refractivity contribution in [3.63, 3.8) is 0 Å². The summed E-state index contributed by atoms with van der Waals surface area (Å²) in [5, 5.41) is 13.9. The molecule has 9 heteroatoms. The molecule has 180 valence electrons. The summed E-state index contributed by atoms with van der Waals surface area (Å²) in [5.41, 5.74) is 5.24. The Morgan fingerprint density at radius 1 is 0.943 bits per heavy atom. The molecule has 1 aliphatic carbocycles. The van der Waals surface area contributed by atoms with Gasteiger partial charge in [-0.1, -0.05) is 48.5 Å². The summed E-state index contributed by atoms with van der Waals surface area (Å²) in [6.07, 6.45) is -0.623. The molecule has 0 saturated heterocycles. The highest BCUT2D eigenvalue weighted by Crippen LogP contribution is 2.44. The van der Waals surface area contributed by atoms with Crippen LogP contribution in [0, 0.1) is 0 Å². The Labute approximate surface area is 210 Å². The van der Waals surface area contributed by atoms with E-state index in [-0.39, 0.29) is 25.7 Å². The number of rotatable bonds is 9. The SMILES string of the molecule is O=C(O)COCCNC(=O)c1cc(NC(=O)OCC2c3ccccc3-c3ccccc32)ccc1Br. The van der Waals surface area contributed by atoms with E-state index in [0.717, 1.165) is 22.3 Å². The monoisotopic (exact) mass is 538 g/mol. The van der Waals surface area contributed by atoms with Crippen LogP contribution in [0.25, 0.3) is 11.1 Å². The minimum Gasteiger partial charge on any atom is -0.480 e. The molecule has 3 N–H and O–H groups in total. The van der Waals surface area contributed by atoms with Gasteiger partial charge in [-0.3, -0.25) is 10.1 Å². The normalized spacial score (nSPS) is 11.9. The predicted octanol–water partition coefficient (Wildman–Crippen LogP) is 4.64. The van der Waals surface area contributed by atoms with E-state index in [9.17, 15) is 14.4 Å². The maximum Gasteiger partial charge on any atom is 0.411 e. The van der Waals surface area contributed by atoms with Crippen molar-refractivity contribution in [2.75, 3.05) is 31.7 Å². The fourth-order valence-corrected chi connectivity index (χ4v) is 4.45. The molecule has 35 heavy (non-hydrogen) atoms. The van der Waals surface area contributed by atoms with E-state index >= 15 is 0 Å². The van der Waals surface area contributed by atoms with Crippen LogP contribution in [0.1, 0.15) is 27.4 Å². The van der Waals surface area contributed by atoms with Gasteiger partial charge in [-0.25, -0.2) is 9.59 Å². The molecule has 0 aliphatic heterocycles. The fourth-order valence-electron chi connectivity index (χ4n) is 4.02. The highest BCUT2D eigenvalue weighted by Gasteiger charge is 2.29. The Hall–Kier alpha value is -3.69. The number of carboxylic acids is 1. The van der Waals surface area contributed by atoms with Gasteiger partial charge in [0.1, 0.15) is 13.2 Å². The van der Waals surface area contributed by atoms with Gasteiger partial charge in [0.05, 0.1) is 12.2 Å². The Morgan fingerprint density at radius 2 is 1.60 bits per heavy atom. The van der Waals surface area contributed by atoms with Gasteiger partial charge in [-0.05, 0) is 56.4 Å². The Balaban J connectivity index is 1.35. The van der Waals surface area contributed by atoms with Gasteiger partial charge in [-0.15, -0.1) is 0 Å². The molecule has 0 bridgehead atoms. The third-order valence-electron chi connectivity index (χ3n) is 5.56. The van der Waals surface area contributed by atoms with E-state index < -0.39 is 24.6 Å². The largest absolute Gasteiger partial charge is 0.480 e. The number of carbonyl (C=O) groups is 3. The van der Waals surface area contributed by atoms with Crippen LogP contribution < -0.4 is 10.6 Å². The second-order valence-electron chi connectivity index (χ2n) is 7.85. The first-order chi connectivity index (χ1) is 16.9. The van der Waals surface area contributed by atoms with Gasteiger partial charge in [0.15, 0.2) is 0 Å². The van der Waals surface area contributed by atoms with Crippen LogP contribution in [0.15, 0.2) is 71.2 Å². The van der Waals surface area contributed by atoms with Gasteiger partial charge >= 0.3 is 12.1 Å². The van der Waals surface area contributed by atoms with Crippen LogP contribution >= 0.6 is 15.9 Å². The first kappa shape index (κ1) is 24.4. The summed E-state index contributed by atoms with van der Waals surface area (Å²) in [7, 11) is 0. The number of hydrogen-bond acceptors (Lipinski definition) is 5. The fraction of sp³-hybridized carbons (Fsp3) is 0.192. The zero-order valence-corrected chi connectivity index (χ0v) is 20.2. The first-order valence-corrected chi connectivity index (χ1v) is 11.7. The van der Waals surface area contributed by atoms with E-state index in [2.05, 4.69) is 38.7 Å². The van der Waals surface area contributed by atoms with Crippen molar-refractivity contribution in [2.24, 2.45) is 0 Å². The summed E-state index contributed by atoms with van der Waals surface area (Å²) < 4.78 is 11.0. The minimum atomic E-state index is -1.08. The Bertz CT molecular complexity index is 1220. The van der Waals surface area contributed by atoms with E-state index in [1.807, 2.05) is 36.4 Å². The van der Waals surface area contributed by atoms with Crippen LogP contribution in [0.4, 0.5) is 10.5 Å². The third kappa shape index (κ3) is 5.87. The molecule has 0 radical (unpaired) electrons. The van der Waals surface area contributed by atoms with Gasteiger partial charge < -0.3 is 19.9 Å². The zero-order valence-electron chi connectivity index (χ0n) is 18.6. The quantitative estimate of drug-likeness (QED) is 0.342. The van der Waals surface area contributed by atoms with E-state index in [1.165, 1.54) is 6.07 Å². The number of hydrogen-bond donors (Lipinski definition) is 3. The molecule has 0 saturated carbocycles. The standard InChI is InChI=1S/C26H23BrN2O6/c27-23-10-9-16(13-21(23)25(32)28-11-12-34-15-24(30)31)29-26(33)35-14-22-19-7-3-1-5-17(19)18-6-2-4-8-20(18)22/h1-10,13,22H,11-12,14-15H2,(H,28,32)(H,29,33)(H,30,31). The molecule has 3 aromatic carbocycles. The molecule has 0 atom stereocenters. The topological polar surface area (TPSA) is 114 Å². The molecule has 2 amide bonds. The van der Waals surface area contributed by atoms with Crippen molar-refractivity contribution in [3.05, 3.63) is 87.9 Å². The molecule has 3 aromatic rings. The summed E-state index contributed by atoms with van der Waals surface area (Å²) in [5.74, 6) is -1.53. The van der Waals surface area contributed by atoms with Crippen molar-refractivity contribution in [1.82, 2.24) is 5.32 Å². The number of anilines is 1. The molecule has 0 aromatic heterocycles. The van der Waals surface area contributed by atoms with Crippen LogP contribution in [-0.4, -0.2) is 49.4 Å². The number of carbonyl (C=O) groups excluding carboxylic acids is 2. The number of carboxylic acid groups (broad SMARTS) is 1. The molecule has 8 nitrogen and oxygen atoms in total. The zero-order chi connectivity index (χ0) is 24.8. The molecule has 0 unspecified atom stereocenters. The molecular formula is C26H23BrN2O6. The van der Waals surface area contributed by atoms with E-state index in [0.29, 0.717) is 15.7 Å². The maximum atomic E-state index is 12.5. The minimum absolute atomic E-state index is 0.0530. The number of benzene rings is 3. The summed E-state index contributed by atoms with van der Waals surface area (Å²) >= 11 is 3.33. The van der Waals surface area contributed by atoms with Gasteiger partial charge in [0.2, 0.25) is 0 Å². The second-order valence-corrected chi connectivity index (χ2v) is 8.70. The summed E-state index contributed by atoms with van der Waals surface area (Å²) in [6, 6.07) is 21.0. The van der Waals surface area contributed by atoms with E-state index in [1.54, 1.807) is 12.1 Å². The number of nitrogens with one attached hydrogen (secondary N) is 2. The number of ether oxygens (including phenoxy) is 2. The first-order valence-electron chi connectivity index (χ1n) is 10.9. The second kappa shape index (κ2) is 11.2. The number of halogens is 1. The molecule has 0 fully saturated rings. The lowest BCUT2D eigenvalue weighted by molar-refractivity contribution is -0.142. The van der Waals surface area contributed by atoms with Crippen LogP contribution in [0.5, 0.6) is 0 Å². The van der Waals surface area contributed by atoms with Gasteiger partial charge in [0.25, 0.3) is 5.91 Å². The Kier molecular flexibility index (Phi) is 7.79. The molecule has 1 aliphatic rings. The highest BCUT2D eigenvalue weighted by molar-refractivity contribution is 9.10. The summed E-state index contributed by atoms with van der Waals surface area (Å²) in [4.78, 5) is 35.5. The maximum absolute atomic E-state index is 12.5. The number of fused-ring (bicyclic) bond motifs is 3. The van der Waals surface area contributed by atoms with Crippen LogP contribution in [0.2, 0.25) is 0 Å². The van der Waals surface area contributed by atoms with Crippen molar-refractivity contribution in [3.8, 4) is 11.1 Å². The van der Waals surface area contributed by atoms with Crippen LogP contribution in [0.3, 0.4) is 0 Å². The lowest BCUT2D eigenvalue weighted by atomic mass is 9.98. The summed E-state index contributed by atoms with van der Waals surface area (Å²) in [6.45, 7) is -0.0465. The highest BCUT2D eigenvalue weighted by atomic mass is 79.9. The Morgan fingerprint density at radius 3 is 2.26 bits per heavy atom. The van der Waals surface area contributed by atoms with Crippen molar-refractivity contribution in [2.45, 2.75) is 5.92 Å². The third-order valence-corrected chi connectivity index (χ3v) is 6.25. The molecular weight excluding hydrogens is 516 g/mol. The molecule has 0 heterocycles. The van der Waals surface area contributed by atoms with Crippen molar-refractivity contribution >= 4 is 39.6 Å². The molecule has 4 rings (SSSR count). The van der Waals surface area contributed by atoms with Gasteiger partial charge in [-0.2, -0.15) is 0 Å². The van der Waals surface area contributed by atoms with Crippen LogP contribution in [-0.2, 0) is 14.3 Å². The average Bonchev–Trinajstić information content (AvgIpc) is 3.17.